The molecule has 0 atom stereocenters. The lowest BCUT2D eigenvalue weighted by atomic mass is 10.1. The number of halogens is 2. The summed E-state index contributed by atoms with van der Waals surface area (Å²) in [5.74, 6) is 0.0938. The number of benzene rings is 1. The topological polar surface area (TPSA) is 20.9 Å². The van der Waals surface area contributed by atoms with Crippen LogP contribution in [0.3, 0.4) is 0 Å². The van der Waals surface area contributed by atoms with Crippen LogP contribution < -0.4 is 4.57 Å². The summed E-state index contributed by atoms with van der Waals surface area (Å²) in [5, 5.41) is 0. The monoisotopic (exact) mass is 368 g/mol. The lowest BCUT2D eigenvalue weighted by molar-refractivity contribution is -0.689. The van der Waals surface area contributed by atoms with Crippen molar-refractivity contribution >= 4 is 37.6 Å². The molecule has 2 aromatic rings. The Labute approximate surface area is 123 Å². The van der Waals surface area contributed by atoms with Gasteiger partial charge in [-0.15, -0.1) is 0 Å². The standard InChI is InChI=1S/C14H12Br2NO/c1-10-4-2-3-5-17(10)9-14(18)11-6-12(15)8-13(16)7-11/h2-8H,9H2,1H3/q+1. The molecule has 0 fully saturated rings. The van der Waals surface area contributed by atoms with Gasteiger partial charge in [0.15, 0.2) is 11.9 Å². The zero-order valence-corrected chi connectivity index (χ0v) is 13.0. The molecular weight excluding hydrogens is 358 g/mol. The highest BCUT2D eigenvalue weighted by atomic mass is 79.9. The van der Waals surface area contributed by atoms with Crippen molar-refractivity contribution in [2.24, 2.45) is 0 Å². The van der Waals surface area contributed by atoms with E-state index in [1.807, 2.05) is 54.1 Å². The van der Waals surface area contributed by atoms with Crippen molar-refractivity contribution in [3.8, 4) is 0 Å². The van der Waals surface area contributed by atoms with Crippen molar-refractivity contribution in [3.05, 3.63) is 62.8 Å². The lowest BCUT2D eigenvalue weighted by Gasteiger charge is -2.02. The zero-order chi connectivity index (χ0) is 13.1. The third-order valence-corrected chi connectivity index (χ3v) is 3.58. The van der Waals surface area contributed by atoms with E-state index in [0.29, 0.717) is 12.1 Å². The van der Waals surface area contributed by atoms with Crippen LogP contribution in [0.1, 0.15) is 16.1 Å². The molecule has 0 aliphatic carbocycles. The lowest BCUT2D eigenvalue weighted by Crippen LogP contribution is -2.40. The maximum atomic E-state index is 12.2. The second-order valence-electron chi connectivity index (χ2n) is 4.05. The van der Waals surface area contributed by atoms with Gasteiger partial charge in [-0.25, -0.2) is 0 Å². The molecule has 0 unspecified atom stereocenters. The molecule has 0 amide bonds. The number of carbonyl (C=O) groups is 1. The number of Topliss-reactive ketones (excluding diaryl/α,β-unsaturated/α-hetero) is 1. The molecule has 4 heteroatoms. The molecule has 0 N–H and O–H groups in total. The quantitative estimate of drug-likeness (QED) is 0.597. The number of carbonyl (C=O) groups excluding carboxylic acids is 1. The van der Waals surface area contributed by atoms with E-state index in [1.54, 1.807) is 0 Å². The van der Waals surface area contributed by atoms with Gasteiger partial charge in [-0.05, 0) is 18.2 Å². The first-order valence-electron chi connectivity index (χ1n) is 5.50. The third kappa shape index (κ3) is 3.27. The van der Waals surface area contributed by atoms with E-state index in [0.717, 1.165) is 14.6 Å². The van der Waals surface area contributed by atoms with Crippen LogP contribution in [-0.2, 0) is 6.54 Å². The van der Waals surface area contributed by atoms with Crippen LogP contribution in [0.2, 0.25) is 0 Å². The van der Waals surface area contributed by atoms with Crippen LogP contribution in [0.4, 0.5) is 0 Å². The van der Waals surface area contributed by atoms with Crippen molar-refractivity contribution in [1.82, 2.24) is 0 Å². The van der Waals surface area contributed by atoms with Gasteiger partial charge in [0, 0.05) is 33.6 Å². The Bertz CT molecular complexity index is 576. The van der Waals surface area contributed by atoms with E-state index in [-0.39, 0.29) is 5.78 Å². The number of rotatable bonds is 3. The van der Waals surface area contributed by atoms with E-state index in [1.165, 1.54) is 0 Å². The van der Waals surface area contributed by atoms with Gasteiger partial charge in [0.2, 0.25) is 12.3 Å². The molecule has 1 aromatic carbocycles. The summed E-state index contributed by atoms with van der Waals surface area (Å²) in [5.41, 5.74) is 1.77. The van der Waals surface area contributed by atoms with Crippen LogP contribution in [0.5, 0.6) is 0 Å². The van der Waals surface area contributed by atoms with Crippen LogP contribution >= 0.6 is 31.9 Å². The van der Waals surface area contributed by atoms with Gasteiger partial charge in [0.05, 0.1) is 0 Å². The molecule has 0 radical (unpaired) electrons. The highest BCUT2D eigenvalue weighted by Crippen LogP contribution is 2.20. The second kappa shape index (κ2) is 5.76. The van der Waals surface area contributed by atoms with Crippen LogP contribution in [0.15, 0.2) is 51.5 Å². The summed E-state index contributed by atoms with van der Waals surface area (Å²) in [7, 11) is 0. The second-order valence-corrected chi connectivity index (χ2v) is 5.88. The van der Waals surface area contributed by atoms with Crippen LogP contribution in [0.25, 0.3) is 0 Å². The first kappa shape index (κ1) is 13.4. The molecular formula is C14H12Br2NO+. The molecule has 2 nitrogen and oxygen atoms in total. The van der Waals surface area contributed by atoms with Gasteiger partial charge in [-0.2, -0.15) is 4.57 Å². The Kier molecular flexibility index (Phi) is 4.30. The fraction of sp³-hybridized carbons (Fsp3) is 0.143. The zero-order valence-electron chi connectivity index (χ0n) is 9.86. The minimum absolute atomic E-state index is 0.0938. The molecule has 0 saturated heterocycles. The predicted molar refractivity (Wildman–Crippen MR) is 77.5 cm³/mol. The SMILES string of the molecule is Cc1cccc[n+]1CC(=O)c1cc(Br)cc(Br)c1. The molecule has 0 saturated carbocycles. The summed E-state index contributed by atoms with van der Waals surface area (Å²) in [6.07, 6.45) is 1.92. The fourth-order valence-corrected chi connectivity index (χ4v) is 2.99. The first-order chi connectivity index (χ1) is 8.56. The summed E-state index contributed by atoms with van der Waals surface area (Å²) in [6.45, 7) is 2.35. The number of hydrogen-bond donors (Lipinski definition) is 0. The van der Waals surface area contributed by atoms with E-state index >= 15 is 0 Å². The van der Waals surface area contributed by atoms with Gasteiger partial charge >= 0.3 is 0 Å². The van der Waals surface area contributed by atoms with E-state index in [2.05, 4.69) is 31.9 Å². The van der Waals surface area contributed by atoms with Crippen molar-refractivity contribution in [1.29, 1.82) is 0 Å². The predicted octanol–water partition coefficient (Wildman–Crippen LogP) is 3.69. The normalized spacial score (nSPS) is 10.4. The Morgan fingerprint density at radius 3 is 2.44 bits per heavy atom. The number of hydrogen-bond acceptors (Lipinski definition) is 1. The molecule has 92 valence electrons. The summed E-state index contributed by atoms with van der Waals surface area (Å²) in [6, 6.07) is 11.5. The Balaban J connectivity index is 2.25. The molecule has 0 aliphatic heterocycles. The fourth-order valence-electron chi connectivity index (χ4n) is 1.70. The van der Waals surface area contributed by atoms with Crippen LogP contribution in [0, 0.1) is 6.92 Å². The summed E-state index contributed by atoms with van der Waals surface area (Å²) in [4.78, 5) is 12.2. The van der Waals surface area contributed by atoms with Gasteiger partial charge < -0.3 is 0 Å². The van der Waals surface area contributed by atoms with E-state index in [9.17, 15) is 4.79 Å². The van der Waals surface area contributed by atoms with Gasteiger partial charge in [-0.3, -0.25) is 4.79 Å². The smallest absolute Gasteiger partial charge is 0.227 e. The number of aromatic nitrogens is 1. The van der Waals surface area contributed by atoms with Gasteiger partial charge in [-0.1, -0.05) is 37.9 Å². The molecule has 2 rings (SSSR count). The average molecular weight is 370 g/mol. The first-order valence-corrected chi connectivity index (χ1v) is 7.09. The minimum atomic E-state index is 0.0938. The molecule has 1 aromatic heterocycles. The van der Waals surface area contributed by atoms with Crippen molar-refractivity contribution in [2.75, 3.05) is 0 Å². The largest absolute Gasteiger partial charge is 0.287 e. The Hall–Kier alpha value is -1.000. The summed E-state index contributed by atoms with van der Waals surface area (Å²) < 4.78 is 3.74. The molecule has 1 heterocycles. The maximum Gasteiger partial charge on any atom is 0.227 e. The molecule has 0 spiro atoms. The van der Waals surface area contributed by atoms with Gasteiger partial charge in [0.25, 0.3) is 0 Å². The number of pyridine rings is 1. The van der Waals surface area contributed by atoms with Crippen molar-refractivity contribution in [2.45, 2.75) is 13.5 Å². The van der Waals surface area contributed by atoms with Gasteiger partial charge in [0.1, 0.15) is 0 Å². The molecule has 0 bridgehead atoms. The molecule has 0 aliphatic rings. The van der Waals surface area contributed by atoms with Crippen LogP contribution in [-0.4, -0.2) is 5.78 Å². The number of nitrogens with zero attached hydrogens (tertiary/aromatic N) is 1. The Morgan fingerprint density at radius 1 is 1.17 bits per heavy atom. The number of ketones is 1. The average Bonchev–Trinajstić information content (AvgIpc) is 2.31. The highest BCUT2D eigenvalue weighted by Gasteiger charge is 2.14. The summed E-state index contributed by atoms with van der Waals surface area (Å²) >= 11 is 6.78. The van der Waals surface area contributed by atoms with E-state index in [4.69, 9.17) is 0 Å². The van der Waals surface area contributed by atoms with E-state index < -0.39 is 0 Å². The molecule has 18 heavy (non-hydrogen) atoms. The van der Waals surface area contributed by atoms with Crippen molar-refractivity contribution in [3.63, 3.8) is 0 Å². The highest BCUT2D eigenvalue weighted by molar-refractivity contribution is 9.11. The van der Waals surface area contributed by atoms with Crippen molar-refractivity contribution < 1.29 is 9.36 Å². The Morgan fingerprint density at radius 2 is 1.83 bits per heavy atom. The minimum Gasteiger partial charge on any atom is -0.287 e. The third-order valence-electron chi connectivity index (χ3n) is 2.67. The number of aryl methyl sites for hydroxylation is 1. The maximum absolute atomic E-state index is 12.2.